The minimum absolute atomic E-state index is 0.149. The van der Waals surface area contributed by atoms with Crippen LogP contribution in [0.5, 0.6) is 5.75 Å². The predicted molar refractivity (Wildman–Crippen MR) is 109 cm³/mol. The molecular weight excluding hydrogens is 399 g/mol. The number of carbonyl (C=O) groups is 1. The molecule has 138 valence electrons. The normalized spacial score (nSPS) is 10.8. The monoisotopic (exact) mass is 410 g/mol. The number of benzene rings is 3. The number of hydrogen-bond donors (Lipinski definition) is 0. The molecule has 1 heterocycles. The third-order valence-electron chi connectivity index (χ3n) is 4.12. The van der Waals surface area contributed by atoms with Crippen LogP contribution >= 0.6 is 23.2 Å². The fraction of sp³-hybridized carbons (Fsp3) is 0. The molecule has 0 N–H and O–H groups in total. The van der Waals surface area contributed by atoms with Crippen molar-refractivity contribution in [1.29, 1.82) is 0 Å². The number of esters is 1. The van der Waals surface area contributed by atoms with E-state index in [2.05, 4.69) is 0 Å². The first-order valence-electron chi connectivity index (χ1n) is 8.32. The van der Waals surface area contributed by atoms with E-state index >= 15 is 0 Å². The average molecular weight is 411 g/mol. The third kappa shape index (κ3) is 3.52. The second kappa shape index (κ2) is 7.50. The largest absolute Gasteiger partial charge is 0.452 e. The van der Waals surface area contributed by atoms with Crippen molar-refractivity contribution in [2.45, 2.75) is 0 Å². The van der Waals surface area contributed by atoms with Crippen molar-refractivity contribution in [1.82, 2.24) is 0 Å². The average Bonchev–Trinajstić information content (AvgIpc) is 2.70. The van der Waals surface area contributed by atoms with Gasteiger partial charge < -0.3 is 9.15 Å². The molecule has 0 aliphatic carbocycles. The van der Waals surface area contributed by atoms with Gasteiger partial charge in [0.1, 0.15) is 5.58 Å². The molecule has 0 saturated carbocycles. The van der Waals surface area contributed by atoms with Crippen molar-refractivity contribution in [2.75, 3.05) is 0 Å². The van der Waals surface area contributed by atoms with Crippen LogP contribution in [0.15, 0.2) is 82.0 Å². The molecule has 0 saturated heterocycles. The maximum atomic E-state index is 13.0. The predicted octanol–water partition coefficient (Wildman–Crippen LogP) is 5.99. The molecule has 0 atom stereocenters. The number of fused-ring (bicyclic) bond motifs is 1. The van der Waals surface area contributed by atoms with E-state index in [0.29, 0.717) is 26.6 Å². The molecule has 0 fully saturated rings. The van der Waals surface area contributed by atoms with E-state index < -0.39 is 11.4 Å². The quantitative estimate of drug-likeness (QED) is 0.389. The summed E-state index contributed by atoms with van der Waals surface area (Å²) in [5.41, 5.74) is 0.727. The highest BCUT2D eigenvalue weighted by molar-refractivity contribution is 6.31. The molecule has 0 aliphatic rings. The zero-order valence-corrected chi connectivity index (χ0v) is 15.8. The molecule has 0 unspecified atom stereocenters. The molecule has 0 spiro atoms. The summed E-state index contributed by atoms with van der Waals surface area (Å²) in [6.45, 7) is 0. The van der Waals surface area contributed by atoms with E-state index in [1.54, 1.807) is 66.7 Å². The molecule has 0 bridgehead atoms. The Labute approximate surface area is 169 Å². The minimum atomic E-state index is -0.708. The lowest BCUT2D eigenvalue weighted by molar-refractivity contribution is 0.0731. The molecular formula is C22H12Cl2O4. The molecule has 6 heteroatoms. The topological polar surface area (TPSA) is 56.5 Å². The molecule has 28 heavy (non-hydrogen) atoms. The van der Waals surface area contributed by atoms with Crippen LogP contribution in [0.1, 0.15) is 10.4 Å². The number of carbonyl (C=O) groups excluding carboxylic acids is 1. The number of para-hydroxylation sites is 1. The molecule has 0 amide bonds. The van der Waals surface area contributed by atoms with Crippen molar-refractivity contribution in [3.05, 3.63) is 98.6 Å². The second-order valence-electron chi connectivity index (χ2n) is 5.99. The van der Waals surface area contributed by atoms with Gasteiger partial charge in [-0.1, -0.05) is 41.4 Å². The lowest BCUT2D eigenvalue weighted by atomic mass is 10.1. The van der Waals surface area contributed by atoms with Crippen molar-refractivity contribution in [2.24, 2.45) is 0 Å². The van der Waals surface area contributed by atoms with E-state index in [9.17, 15) is 9.59 Å². The van der Waals surface area contributed by atoms with Gasteiger partial charge in [-0.05, 0) is 54.6 Å². The molecule has 1 aromatic heterocycles. The fourth-order valence-corrected chi connectivity index (χ4v) is 3.09. The first kappa shape index (κ1) is 18.3. The summed E-state index contributed by atoms with van der Waals surface area (Å²) in [4.78, 5) is 25.6. The van der Waals surface area contributed by atoms with Crippen LogP contribution in [-0.2, 0) is 0 Å². The molecule has 3 aromatic carbocycles. The highest BCUT2D eigenvalue weighted by Crippen LogP contribution is 2.32. The van der Waals surface area contributed by atoms with Gasteiger partial charge in [-0.15, -0.1) is 0 Å². The maximum absolute atomic E-state index is 13.0. The Morgan fingerprint density at radius 1 is 0.857 bits per heavy atom. The summed E-state index contributed by atoms with van der Waals surface area (Å²) >= 11 is 11.9. The van der Waals surface area contributed by atoms with Gasteiger partial charge in [0.05, 0.1) is 10.9 Å². The van der Waals surface area contributed by atoms with Crippen LogP contribution in [0.3, 0.4) is 0 Å². The number of ether oxygens (including phenoxy) is 1. The lowest BCUT2D eigenvalue weighted by Crippen LogP contribution is -2.16. The Balaban J connectivity index is 1.89. The standard InChI is InChI=1S/C22H12Cl2O4/c23-15-10-8-13(9-11-15)20-21(19(25)17-6-1-2-7-18(17)27-20)28-22(26)14-4-3-5-16(24)12-14/h1-12H. The van der Waals surface area contributed by atoms with Gasteiger partial charge in [0, 0.05) is 15.6 Å². The smallest absolute Gasteiger partial charge is 0.343 e. The Kier molecular flexibility index (Phi) is 4.90. The van der Waals surface area contributed by atoms with Gasteiger partial charge in [0.15, 0.2) is 5.76 Å². The highest BCUT2D eigenvalue weighted by atomic mass is 35.5. The van der Waals surface area contributed by atoms with Crippen LogP contribution in [0, 0.1) is 0 Å². The van der Waals surface area contributed by atoms with Gasteiger partial charge in [-0.2, -0.15) is 0 Å². The summed E-state index contributed by atoms with van der Waals surface area (Å²) < 4.78 is 11.4. The van der Waals surface area contributed by atoms with E-state index in [1.165, 1.54) is 6.07 Å². The molecule has 4 nitrogen and oxygen atoms in total. The van der Waals surface area contributed by atoms with Gasteiger partial charge in [-0.3, -0.25) is 4.79 Å². The van der Waals surface area contributed by atoms with Crippen LogP contribution < -0.4 is 10.2 Å². The zero-order chi connectivity index (χ0) is 19.7. The number of halogens is 2. The molecule has 0 aliphatic heterocycles. The number of rotatable bonds is 3. The van der Waals surface area contributed by atoms with Gasteiger partial charge in [-0.25, -0.2) is 4.79 Å². The number of hydrogen-bond acceptors (Lipinski definition) is 4. The Hall–Kier alpha value is -3.08. The summed E-state index contributed by atoms with van der Waals surface area (Å²) in [6.07, 6.45) is 0. The molecule has 4 rings (SSSR count). The van der Waals surface area contributed by atoms with Gasteiger partial charge in [0.25, 0.3) is 0 Å². The lowest BCUT2D eigenvalue weighted by Gasteiger charge is -2.11. The fourth-order valence-electron chi connectivity index (χ4n) is 2.78. The van der Waals surface area contributed by atoms with E-state index in [1.807, 2.05) is 0 Å². The van der Waals surface area contributed by atoms with Crippen molar-refractivity contribution >= 4 is 40.1 Å². The molecule has 0 radical (unpaired) electrons. The maximum Gasteiger partial charge on any atom is 0.343 e. The second-order valence-corrected chi connectivity index (χ2v) is 6.87. The summed E-state index contributed by atoms with van der Waals surface area (Å²) in [7, 11) is 0. The van der Waals surface area contributed by atoms with E-state index in [-0.39, 0.29) is 17.1 Å². The van der Waals surface area contributed by atoms with E-state index in [4.69, 9.17) is 32.4 Å². The van der Waals surface area contributed by atoms with Crippen molar-refractivity contribution < 1.29 is 13.9 Å². The van der Waals surface area contributed by atoms with Crippen molar-refractivity contribution in [3.8, 4) is 17.1 Å². The third-order valence-corrected chi connectivity index (χ3v) is 4.60. The van der Waals surface area contributed by atoms with E-state index in [0.717, 1.165) is 0 Å². The highest BCUT2D eigenvalue weighted by Gasteiger charge is 2.21. The van der Waals surface area contributed by atoms with Crippen LogP contribution in [0.25, 0.3) is 22.3 Å². The molecule has 4 aromatic rings. The van der Waals surface area contributed by atoms with Crippen molar-refractivity contribution in [3.63, 3.8) is 0 Å². The van der Waals surface area contributed by atoms with Gasteiger partial charge in [0.2, 0.25) is 11.2 Å². The summed E-state index contributed by atoms with van der Waals surface area (Å²) in [5.74, 6) is -0.748. The van der Waals surface area contributed by atoms with Crippen LogP contribution in [0.2, 0.25) is 10.0 Å². The summed E-state index contributed by atoms with van der Waals surface area (Å²) in [6, 6.07) is 19.7. The van der Waals surface area contributed by atoms with Crippen LogP contribution in [-0.4, -0.2) is 5.97 Å². The minimum Gasteiger partial charge on any atom is -0.452 e. The Bertz CT molecular complexity index is 1240. The summed E-state index contributed by atoms with van der Waals surface area (Å²) in [5, 5.41) is 1.23. The SMILES string of the molecule is O=C(Oc1c(-c2ccc(Cl)cc2)oc2ccccc2c1=O)c1cccc(Cl)c1. The first-order chi connectivity index (χ1) is 13.5. The zero-order valence-electron chi connectivity index (χ0n) is 14.3. The first-order valence-corrected chi connectivity index (χ1v) is 9.08. The Morgan fingerprint density at radius 2 is 1.61 bits per heavy atom. The van der Waals surface area contributed by atoms with Crippen LogP contribution in [0.4, 0.5) is 0 Å². The van der Waals surface area contributed by atoms with Gasteiger partial charge >= 0.3 is 5.97 Å². The Morgan fingerprint density at radius 3 is 2.36 bits per heavy atom.